The summed E-state index contributed by atoms with van der Waals surface area (Å²) in [4.78, 5) is 39.1. The van der Waals surface area contributed by atoms with Gasteiger partial charge in [-0.25, -0.2) is 44.7 Å². The molecule has 2 fully saturated rings. The van der Waals surface area contributed by atoms with Crippen molar-refractivity contribution in [3.05, 3.63) is 97.2 Å². The number of aryl methyl sites for hydroxylation is 1. The molecular formula is C46H59ClF6N8O4S. The molecular weight excluding hydrogens is 910 g/mol. The molecule has 1 saturated carbocycles. The van der Waals surface area contributed by atoms with Gasteiger partial charge in [0.05, 0.1) is 40.1 Å². The van der Waals surface area contributed by atoms with Crippen molar-refractivity contribution in [1.29, 1.82) is 5.41 Å². The number of nitrogens with one attached hydrogen (secondary N) is 3. The minimum Gasteiger partial charge on any atom is -0.345 e. The van der Waals surface area contributed by atoms with Gasteiger partial charge in [0.15, 0.2) is 21.2 Å². The number of hydrazine groups is 1. The molecule has 1 aliphatic heterocycles. The molecule has 6 rings (SSSR count). The number of piperidine rings is 1. The number of likely N-dealkylation sites (tertiary alicyclic amines) is 1. The lowest BCUT2D eigenvalue weighted by Gasteiger charge is -2.33. The van der Waals surface area contributed by atoms with Gasteiger partial charge in [0.2, 0.25) is 11.8 Å². The van der Waals surface area contributed by atoms with Crippen LogP contribution in [0.4, 0.5) is 26.3 Å². The molecule has 4 atom stereocenters. The molecule has 1 saturated heterocycles. The monoisotopic (exact) mass is 968 g/mol. The highest BCUT2D eigenvalue weighted by Gasteiger charge is 2.46. The number of carbonyl (C=O) groups excluding carboxylic acids is 1. The Bertz CT molecular complexity index is 2560. The van der Waals surface area contributed by atoms with Crippen molar-refractivity contribution >= 4 is 44.1 Å². The summed E-state index contributed by atoms with van der Waals surface area (Å²) in [7, 11) is -3.78. The quantitative estimate of drug-likeness (QED) is 0.0301. The molecule has 3 unspecified atom stereocenters. The number of hydrogen-bond donors (Lipinski definition) is 4. The van der Waals surface area contributed by atoms with E-state index in [0.717, 1.165) is 42.5 Å². The topological polar surface area (TPSA) is 176 Å². The van der Waals surface area contributed by atoms with Crippen LogP contribution in [0.3, 0.4) is 0 Å². The Kier molecular flexibility index (Phi) is 17.3. The number of unbranched alkanes of at least 4 members (excludes halogenated alkanes) is 2. The fourth-order valence-electron chi connectivity index (χ4n) is 8.66. The predicted octanol–water partition coefficient (Wildman–Crippen LogP) is 8.22. The van der Waals surface area contributed by atoms with Gasteiger partial charge in [0.25, 0.3) is 5.56 Å². The molecule has 66 heavy (non-hydrogen) atoms. The fraction of sp³-hybridized carbons (Fsp3) is 0.543. The maximum Gasteiger partial charge on any atom is 0.267 e. The SMILES string of the molecule is CCCCCN1CC(F)C[C@@H](C)C1.Cc1c(-n2c(C(Cc3cc(F)cc(F)c3)NC(=O)CNN)nc3nc(C4(F)CCC(F)(F)CC4)cc(C)c3c2=O)ccc(Cl)c1C(=N)C(C)S(C)(=O)=O. The Morgan fingerprint density at radius 1 is 1.03 bits per heavy atom. The van der Waals surface area contributed by atoms with E-state index in [-0.39, 0.29) is 67.6 Å². The van der Waals surface area contributed by atoms with E-state index in [0.29, 0.717) is 18.5 Å². The van der Waals surface area contributed by atoms with E-state index in [1.807, 2.05) is 0 Å². The molecule has 1 aliphatic carbocycles. The van der Waals surface area contributed by atoms with Gasteiger partial charge in [-0.15, -0.1) is 0 Å². The van der Waals surface area contributed by atoms with Gasteiger partial charge in [-0.2, -0.15) is 0 Å². The van der Waals surface area contributed by atoms with Crippen molar-refractivity contribution in [2.75, 3.05) is 32.4 Å². The summed E-state index contributed by atoms with van der Waals surface area (Å²) >= 11 is 6.52. The second-order valence-electron chi connectivity index (χ2n) is 17.8. The number of carbonyl (C=O) groups is 1. The Morgan fingerprint density at radius 3 is 2.27 bits per heavy atom. The minimum absolute atomic E-state index is 0.00109. The summed E-state index contributed by atoms with van der Waals surface area (Å²) in [5.74, 6) is 0.0282. The molecule has 362 valence electrons. The van der Waals surface area contributed by atoms with Crippen molar-refractivity contribution < 1.29 is 39.6 Å². The number of aromatic nitrogens is 3. The fourth-order valence-corrected chi connectivity index (χ4v) is 9.51. The zero-order valence-electron chi connectivity index (χ0n) is 38.0. The van der Waals surface area contributed by atoms with Crippen LogP contribution in [0.5, 0.6) is 0 Å². The Morgan fingerprint density at radius 2 is 1.68 bits per heavy atom. The van der Waals surface area contributed by atoms with Gasteiger partial charge in [-0.1, -0.05) is 38.3 Å². The van der Waals surface area contributed by atoms with Crippen molar-refractivity contribution in [2.24, 2.45) is 11.8 Å². The van der Waals surface area contributed by atoms with Gasteiger partial charge in [-0.05, 0) is 106 Å². The van der Waals surface area contributed by atoms with E-state index in [9.17, 15) is 40.0 Å². The third-order valence-electron chi connectivity index (χ3n) is 12.3. The molecule has 0 spiro atoms. The lowest BCUT2D eigenvalue weighted by Crippen LogP contribution is -2.41. The average Bonchev–Trinajstić information content (AvgIpc) is 3.21. The molecule has 2 aromatic carbocycles. The Labute approximate surface area is 386 Å². The number of hydrogen-bond acceptors (Lipinski definition) is 10. The van der Waals surface area contributed by atoms with Crippen LogP contribution in [0.1, 0.15) is 112 Å². The number of amides is 1. The van der Waals surface area contributed by atoms with Crippen LogP contribution in [-0.2, 0) is 26.7 Å². The third kappa shape index (κ3) is 12.8. The number of rotatable bonds is 15. The minimum atomic E-state index is -3.78. The molecule has 0 bridgehead atoms. The van der Waals surface area contributed by atoms with Gasteiger partial charge in [0.1, 0.15) is 28.9 Å². The summed E-state index contributed by atoms with van der Waals surface area (Å²) in [6.45, 7) is 11.1. The van der Waals surface area contributed by atoms with E-state index in [4.69, 9.17) is 22.9 Å². The molecule has 1 amide bonds. The summed E-state index contributed by atoms with van der Waals surface area (Å²) in [5.41, 5.74) is -1.31. The van der Waals surface area contributed by atoms with Gasteiger partial charge in [-0.3, -0.25) is 25.4 Å². The normalized spacial score (nSPS) is 19.4. The highest BCUT2D eigenvalue weighted by molar-refractivity contribution is 7.92. The highest BCUT2D eigenvalue weighted by atomic mass is 35.5. The molecule has 5 N–H and O–H groups in total. The maximum atomic E-state index is 16.3. The second kappa shape index (κ2) is 21.7. The van der Waals surface area contributed by atoms with Crippen LogP contribution < -0.4 is 22.1 Å². The zero-order chi connectivity index (χ0) is 48.9. The highest BCUT2D eigenvalue weighted by Crippen LogP contribution is 2.46. The van der Waals surface area contributed by atoms with Crippen LogP contribution in [0.25, 0.3) is 16.7 Å². The first kappa shape index (κ1) is 52.5. The van der Waals surface area contributed by atoms with Crippen molar-refractivity contribution in [3.8, 4) is 5.69 Å². The number of sulfone groups is 1. The van der Waals surface area contributed by atoms with E-state index in [2.05, 4.69) is 39.5 Å². The first-order valence-corrected chi connectivity index (χ1v) is 24.3. The van der Waals surface area contributed by atoms with E-state index in [1.54, 1.807) is 0 Å². The molecule has 2 aliphatic rings. The van der Waals surface area contributed by atoms with Crippen LogP contribution in [-0.4, -0.2) is 89.3 Å². The largest absolute Gasteiger partial charge is 0.345 e. The van der Waals surface area contributed by atoms with Gasteiger partial charge >= 0.3 is 0 Å². The smallest absolute Gasteiger partial charge is 0.267 e. The summed E-state index contributed by atoms with van der Waals surface area (Å²) in [6.07, 6.45) is 2.03. The van der Waals surface area contributed by atoms with Crippen LogP contribution in [0, 0.1) is 36.8 Å². The maximum absolute atomic E-state index is 16.3. The van der Waals surface area contributed by atoms with Crippen LogP contribution in [0.2, 0.25) is 5.02 Å². The number of nitrogens with two attached hydrogens (primary N) is 1. The average molecular weight is 970 g/mol. The number of fused-ring (bicyclic) bond motifs is 1. The number of halogens is 7. The summed E-state index contributed by atoms with van der Waals surface area (Å²) in [6, 6.07) is 5.36. The molecule has 4 aromatic rings. The lowest BCUT2D eigenvalue weighted by atomic mass is 9.81. The number of nitrogens with zero attached hydrogens (tertiary/aromatic N) is 4. The summed E-state index contributed by atoms with van der Waals surface area (Å²) in [5, 5.41) is 10.0. The van der Waals surface area contributed by atoms with E-state index >= 15 is 4.39 Å². The molecule has 2 aromatic heterocycles. The van der Waals surface area contributed by atoms with E-state index < -0.39 is 94.2 Å². The predicted molar refractivity (Wildman–Crippen MR) is 245 cm³/mol. The third-order valence-corrected chi connectivity index (χ3v) is 14.1. The summed E-state index contributed by atoms with van der Waals surface area (Å²) < 4.78 is 112. The van der Waals surface area contributed by atoms with Crippen molar-refractivity contribution in [1.82, 2.24) is 30.2 Å². The van der Waals surface area contributed by atoms with E-state index in [1.165, 1.54) is 58.2 Å². The van der Waals surface area contributed by atoms with Gasteiger partial charge in [0, 0.05) is 50.2 Å². The number of pyridine rings is 1. The number of benzene rings is 2. The Balaban J connectivity index is 0.000000540. The number of alkyl halides is 4. The second-order valence-corrected chi connectivity index (χ2v) is 20.6. The van der Waals surface area contributed by atoms with Crippen LogP contribution >= 0.6 is 11.6 Å². The standard InChI is InChI=1S/C35H37ClF5N7O4S.C11H22FN/c1-17-11-26(34(39)7-9-35(40,41)10-8-34)46-31-28(17)33(50)48(25-6-5-23(36)29(18(25)2)30(42)19(3)53(4,51)52)32(47-31)24(45-27(49)16-44-43)14-20-12-21(37)15-22(38)13-20;1-3-4-5-6-13-8-10(2)7-11(12)9-13/h5-6,11-13,15,19,24,42,44H,7-10,14,16,43H2,1-4H3,(H,45,49);10-11H,3-9H2,1-2H3/t;10-,11?/m.1/s1. The van der Waals surface area contributed by atoms with Crippen molar-refractivity contribution in [2.45, 2.75) is 121 Å². The first-order valence-electron chi connectivity index (χ1n) is 22.0. The molecule has 3 heterocycles. The van der Waals surface area contributed by atoms with Crippen molar-refractivity contribution in [3.63, 3.8) is 0 Å². The zero-order valence-corrected chi connectivity index (χ0v) is 39.6. The molecule has 0 radical (unpaired) electrons. The van der Waals surface area contributed by atoms with Crippen LogP contribution in [0.15, 0.2) is 41.2 Å². The molecule has 12 nitrogen and oxygen atoms in total. The Hall–Kier alpha value is -4.43. The van der Waals surface area contributed by atoms with Gasteiger partial charge < -0.3 is 15.6 Å². The molecule has 20 heteroatoms. The lowest BCUT2D eigenvalue weighted by molar-refractivity contribution is -0.121. The first-order chi connectivity index (χ1) is 30.9.